The van der Waals surface area contributed by atoms with E-state index in [-0.39, 0.29) is 25.0 Å². The van der Waals surface area contributed by atoms with Crippen molar-refractivity contribution in [1.29, 1.82) is 0 Å². The van der Waals surface area contributed by atoms with Crippen molar-refractivity contribution >= 4 is 24.1 Å². The van der Waals surface area contributed by atoms with E-state index in [1.807, 2.05) is 13.0 Å². The quantitative estimate of drug-likeness (QED) is 0.377. The molecule has 1 saturated carbocycles. The number of carbonyl (C=O) groups is 1. The number of nitrogens with zero attached hydrogens (tertiary/aromatic N) is 2. The van der Waals surface area contributed by atoms with Crippen LogP contribution in [0, 0.1) is 11.3 Å². The maximum Gasteiger partial charge on any atom is 0.344 e. The van der Waals surface area contributed by atoms with Crippen molar-refractivity contribution in [2.45, 2.75) is 79.1 Å². The molecule has 6 heteroatoms. The number of anilines is 1. The number of rotatable bonds is 9. The van der Waals surface area contributed by atoms with E-state index in [0.29, 0.717) is 17.9 Å². The fourth-order valence-electron chi connectivity index (χ4n) is 5.44. The predicted molar refractivity (Wildman–Crippen MR) is 144 cm³/mol. The lowest BCUT2D eigenvalue weighted by Crippen LogP contribution is -2.47. The van der Waals surface area contributed by atoms with E-state index in [0.717, 1.165) is 37.8 Å². The number of piperazine rings is 1. The van der Waals surface area contributed by atoms with Crippen molar-refractivity contribution in [1.82, 2.24) is 4.90 Å². The molecule has 5 nitrogen and oxygen atoms in total. The minimum atomic E-state index is -0.312. The van der Waals surface area contributed by atoms with Crippen LogP contribution in [0.2, 0.25) is 0 Å². The summed E-state index contributed by atoms with van der Waals surface area (Å²) in [4.78, 5) is 16.9. The molecule has 1 aromatic rings. The first kappa shape index (κ1) is 28.8. The zero-order valence-electron chi connectivity index (χ0n) is 22.1. The summed E-state index contributed by atoms with van der Waals surface area (Å²) in [5.74, 6) is 1.87. The Morgan fingerprint density at radius 2 is 1.71 bits per heavy atom. The molecule has 2 fully saturated rings. The van der Waals surface area contributed by atoms with E-state index in [1.165, 1.54) is 56.3 Å². The molecule has 0 N–H and O–H groups in total. The summed E-state index contributed by atoms with van der Waals surface area (Å²) in [6.45, 7) is 17.1. The topological polar surface area (TPSA) is 42.0 Å². The number of unbranched alkanes of at least 4 members (excludes halogenated alkanes) is 1. The molecule has 1 saturated heterocycles. The van der Waals surface area contributed by atoms with Gasteiger partial charge in [0.2, 0.25) is 0 Å². The molecule has 34 heavy (non-hydrogen) atoms. The molecule has 0 bridgehead atoms. The lowest BCUT2D eigenvalue weighted by atomic mass is 9.68. The van der Waals surface area contributed by atoms with Crippen LogP contribution in [0.5, 0.6) is 5.75 Å². The van der Waals surface area contributed by atoms with Crippen molar-refractivity contribution in [3.05, 3.63) is 23.8 Å². The molecule has 1 aromatic carbocycles. The molecule has 1 heterocycles. The van der Waals surface area contributed by atoms with Crippen molar-refractivity contribution in [2.75, 3.05) is 50.8 Å². The summed E-state index contributed by atoms with van der Waals surface area (Å²) < 4.78 is 10.8. The van der Waals surface area contributed by atoms with Crippen LogP contribution in [0.3, 0.4) is 0 Å². The zero-order valence-corrected chi connectivity index (χ0v) is 22.9. The Hall–Kier alpha value is -1.46. The summed E-state index contributed by atoms with van der Waals surface area (Å²) in [6.07, 6.45) is 7.66. The van der Waals surface area contributed by atoms with Gasteiger partial charge in [0, 0.05) is 37.9 Å². The number of carbonyl (C=O) groups excluding carboxylic acids is 1. The molecule has 0 atom stereocenters. The Bertz CT molecular complexity index is 749. The van der Waals surface area contributed by atoms with E-state index in [2.05, 4.69) is 49.6 Å². The summed E-state index contributed by atoms with van der Waals surface area (Å²) >= 11 is 0. The van der Waals surface area contributed by atoms with Gasteiger partial charge in [-0.2, -0.15) is 0 Å². The first-order valence-corrected chi connectivity index (χ1v) is 13.2. The highest BCUT2D eigenvalue weighted by Crippen LogP contribution is 2.45. The highest BCUT2D eigenvalue weighted by atomic mass is 35.5. The SMILES string of the molecule is CCCCN1CCN(c2cc(OCC(=O)OCC)ccc2C2CCC(C(C)(C)C)CC2)CC1.Cl. The van der Waals surface area contributed by atoms with E-state index in [4.69, 9.17) is 9.47 Å². The van der Waals surface area contributed by atoms with Gasteiger partial charge in [-0.1, -0.05) is 40.2 Å². The van der Waals surface area contributed by atoms with Crippen molar-refractivity contribution in [3.8, 4) is 5.75 Å². The van der Waals surface area contributed by atoms with Gasteiger partial charge in [0.1, 0.15) is 5.75 Å². The van der Waals surface area contributed by atoms with Crippen LogP contribution in [0.15, 0.2) is 18.2 Å². The second-order valence-corrected chi connectivity index (χ2v) is 10.9. The largest absolute Gasteiger partial charge is 0.482 e. The van der Waals surface area contributed by atoms with E-state index < -0.39 is 0 Å². The van der Waals surface area contributed by atoms with Gasteiger partial charge in [-0.05, 0) is 74.5 Å². The van der Waals surface area contributed by atoms with Crippen LogP contribution in [0.1, 0.15) is 84.6 Å². The molecule has 0 spiro atoms. The van der Waals surface area contributed by atoms with Gasteiger partial charge in [0.05, 0.1) is 6.61 Å². The number of esters is 1. The number of halogens is 1. The average molecular weight is 495 g/mol. The highest BCUT2D eigenvalue weighted by Gasteiger charge is 2.32. The van der Waals surface area contributed by atoms with Gasteiger partial charge in [0.25, 0.3) is 0 Å². The molecule has 3 rings (SSSR count). The molecule has 2 aliphatic rings. The minimum absolute atomic E-state index is 0. The molecule has 1 aliphatic heterocycles. The van der Waals surface area contributed by atoms with Crippen LogP contribution >= 0.6 is 12.4 Å². The Labute approximate surface area is 214 Å². The van der Waals surface area contributed by atoms with Gasteiger partial charge in [-0.25, -0.2) is 4.79 Å². The summed E-state index contributed by atoms with van der Waals surface area (Å²) in [7, 11) is 0. The first-order valence-electron chi connectivity index (χ1n) is 13.2. The maximum atomic E-state index is 11.8. The molecule has 0 amide bonds. The Kier molecular flexibility index (Phi) is 11.5. The van der Waals surface area contributed by atoms with Crippen molar-refractivity contribution < 1.29 is 14.3 Å². The predicted octanol–water partition coefficient (Wildman–Crippen LogP) is 6.29. The minimum Gasteiger partial charge on any atom is -0.482 e. The molecule has 0 unspecified atom stereocenters. The number of hydrogen-bond donors (Lipinski definition) is 0. The molecule has 194 valence electrons. The molecule has 0 radical (unpaired) electrons. The van der Waals surface area contributed by atoms with Crippen molar-refractivity contribution in [2.24, 2.45) is 11.3 Å². The third-order valence-corrected chi connectivity index (χ3v) is 7.60. The Morgan fingerprint density at radius 3 is 2.29 bits per heavy atom. The highest BCUT2D eigenvalue weighted by molar-refractivity contribution is 5.85. The smallest absolute Gasteiger partial charge is 0.344 e. The fourth-order valence-corrected chi connectivity index (χ4v) is 5.44. The zero-order chi connectivity index (χ0) is 23.8. The second kappa shape index (κ2) is 13.6. The van der Waals surface area contributed by atoms with E-state index >= 15 is 0 Å². The summed E-state index contributed by atoms with van der Waals surface area (Å²) in [6, 6.07) is 6.48. The molecule has 0 aromatic heterocycles. The van der Waals surface area contributed by atoms with Gasteiger partial charge in [0.15, 0.2) is 6.61 Å². The lowest BCUT2D eigenvalue weighted by Gasteiger charge is -2.40. The van der Waals surface area contributed by atoms with Crippen molar-refractivity contribution in [3.63, 3.8) is 0 Å². The van der Waals surface area contributed by atoms with Crippen LogP contribution in [-0.4, -0.2) is 56.8 Å². The van der Waals surface area contributed by atoms with Crippen LogP contribution < -0.4 is 9.64 Å². The maximum absolute atomic E-state index is 11.8. The third-order valence-electron chi connectivity index (χ3n) is 7.60. The van der Waals surface area contributed by atoms with E-state index in [1.54, 1.807) is 0 Å². The number of hydrogen-bond acceptors (Lipinski definition) is 5. The van der Waals surface area contributed by atoms with Gasteiger partial charge in [-0.15, -0.1) is 12.4 Å². The molecular formula is C28H47ClN2O3. The Balaban J connectivity index is 0.00000408. The standard InChI is InChI=1S/C28H46N2O3.ClH/c1-6-8-15-29-16-18-30(19-17-29)26-20-24(33-21-27(31)32-7-2)13-14-25(26)22-9-11-23(12-10-22)28(3,4)5;/h13-14,20,22-23H,6-12,15-19,21H2,1-5H3;1H. The normalized spacial score (nSPS) is 21.6. The average Bonchev–Trinajstić information content (AvgIpc) is 2.81. The van der Waals surface area contributed by atoms with Gasteiger partial charge in [-0.3, -0.25) is 4.90 Å². The first-order chi connectivity index (χ1) is 15.8. The Morgan fingerprint density at radius 1 is 1.03 bits per heavy atom. The van der Waals surface area contributed by atoms with Gasteiger partial charge >= 0.3 is 5.97 Å². The fraction of sp³-hybridized carbons (Fsp3) is 0.750. The molecule has 1 aliphatic carbocycles. The lowest BCUT2D eigenvalue weighted by molar-refractivity contribution is -0.145. The number of ether oxygens (including phenoxy) is 2. The number of benzene rings is 1. The molecular weight excluding hydrogens is 448 g/mol. The monoisotopic (exact) mass is 494 g/mol. The second-order valence-electron chi connectivity index (χ2n) is 10.9. The van der Waals surface area contributed by atoms with Gasteiger partial charge < -0.3 is 14.4 Å². The van der Waals surface area contributed by atoms with E-state index in [9.17, 15) is 4.79 Å². The summed E-state index contributed by atoms with van der Waals surface area (Å²) in [5.41, 5.74) is 3.17. The van der Waals surface area contributed by atoms with Crippen LogP contribution in [0.25, 0.3) is 0 Å². The third kappa shape index (κ3) is 8.05. The summed E-state index contributed by atoms with van der Waals surface area (Å²) in [5, 5.41) is 0. The van der Waals surface area contributed by atoms with Crippen LogP contribution in [0.4, 0.5) is 5.69 Å². The van der Waals surface area contributed by atoms with Crippen LogP contribution in [-0.2, 0) is 9.53 Å².